The van der Waals surface area contributed by atoms with Crippen LogP contribution >= 0.6 is 15.9 Å². The molecule has 0 amide bonds. The third kappa shape index (κ3) is 3.55. The molecule has 1 aromatic heterocycles. The highest BCUT2D eigenvalue weighted by atomic mass is 79.9. The van der Waals surface area contributed by atoms with E-state index in [1.54, 1.807) is 19.2 Å². The second-order valence-electron chi connectivity index (χ2n) is 6.80. The van der Waals surface area contributed by atoms with Gasteiger partial charge in [-0.15, -0.1) is 0 Å². The van der Waals surface area contributed by atoms with Gasteiger partial charge in [-0.05, 0) is 52.2 Å². The molecule has 148 valence electrons. The number of non-ortho nitro benzene ring substituents is 1. The number of imidazole rings is 1. The lowest BCUT2D eigenvalue weighted by atomic mass is 9.95. The molecule has 8 heteroatoms. The van der Waals surface area contributed by atoms with Crippen LogP contribution in [0, 0.1) is 10.1 Å². The van der Waals surface area contributed by atoms with Gasteiger partial charge in [-0.2, -0.15) is 5.10 Å². The van der Waals surface area contributed by atoms with Crippen molar-refractivity contribution < 1.29 is 9.66 Å². The largest absolute Gasteiger partial charge is 0.496 e. The minimum atomic E-state index is -0.403. The number of nitro groups is 1. The molecular weight excluding hydrogens is 436 g/mol. The summed E-state index contributed by atoms with van der Waals surface area (Å²) in [4.78, 5) is 15.2. The van der Waals surface area contributed by atoms with E-state index >= 15 is 0 Å². The Morgan fingerprint density at radius 1 is 1.28 bits per heavy atom. The fourth-order valence-electron chi connectivity index (χ4n) is 3.49. The van der Waals surface area contributed by atoms with Crippen LogP contribution in [-0.2, 0) is 12.8 Å². The van der Waals surface area contributed by atoms with E-state index in [0.29, 0.717) is 12.2 Å². The molecule has 0 saturated carbocycles. The molecule has 7 nitrogen and oxygen atoms in total. The van der Waals surface area contributed by atoms with Crippen LogP contribution in [0.5, 0.6) is 5.75 Å². The molecule has 0 spiro atoms. The number of nitrogens with zero attached hydrogens (tertiary/aromatic N) is 4. The molecule has 4 rings (SSSR count). The third-order valence-electron chi connectivity index (χ3n) is 4.92. The van der Waals surface area contributed by atoms with Crippen molar-refractivity contribution >= 4 is 27.3 Å². The number of hydrogen-bond acceptors (Lipinski definition) is 5. The Labute approximate surface area is 176 Å². The van der Waals surface area contributed by atoms with Crippen LogP contribution in [0.25, 0.3) is 0 Å². The number of hydrogen-bond donors (Lipinski definition) is 0. The molecule has 2 aromatic carbocycles. The number of halogens is 1. The van der Waals surface area contributed by atoms with E-state index in [1.807, 2.05) is 23.0 Å². The van der Waals surface area contributed by atoms with Crippen molar-refractivity contribution in [2.75, 3.05) is 7.11 Å². The fraction of sp³-hybridized carbons (Fsp3) is 0.238. The summed E-state index contributed by atoms with van der Waals surface area (Å²) in [6.07, 6.45) is 4.36. The van der Waals surface area contributed by atoms with Crippen LogP contribution in [0.15, 0.2) is 52.2 Å². The first-order valence-corrected chi connectivity index (χ1v) is 10.1. The summed E-state index contributed by atoms with van der Waals surface area (Å²) in [6, 6.07) is 10.4. The van der Waals surface area contributed by atoms with E-state index < -0.39 is 4.92 Å². The quantitative estimate of drug-likeness (QED) is 0.322. The number of ether oxygens (including phenoxy) is 1. The zero-order valence-corrected chi connectivity index (χ0v) is 17.6. The predicted octanol–water partition coefficient (Wildman–Crippen LogP) is 4.72. The number of benzene rings is 2. The Hall–Kier alpha value is -3.00. The van der Waals surface area contributed by atoms with Crippen LogP contribution < -0.4 is 4.74 Å². The maximum atomic E-state index is 11.0. The van der Waals surface area contributed by atoms with Crippen molar-refractivity contribution in [3.05, 3.63) is 85.4 Å². The highest BCUT2D eigenvalue weighted by Crippen LogP contribution is 2.33. The Morgan fingerprint density at radius 2 is 2.03 bits per heavy atom. The predicted molar refractivity (Wildman–Crippen MR) is 114 cm³/mol. The summed E-state index contributed by atoms with van der Waals surface area (Å²) in [6.45, 7) is 2.12. The van der Waals surface area contributed by atoms with E-state index in [2.05, 4.69) is 27.8 Å². The molecule has 2 heterocycles. The van der Waals surface area contributed by atoms with Gasteiger partial charge in [-0.1, -0.05) is 13.3 Å². The molecule has 0 N–H and O–H groups in total. The number of aryl methyl sites for hydroxylation is 1. The molecule has 0 bridgehead atoms. The van der Waals surface area contributed by atoms with Crippen molar-refractivity contribution in [1.29, 1.82) is 0 Å². The van der Waals surface area contributed by atoms with Crippen LogP contribution in [0.1, 0.15) is 41.6 Å². The monoisotopic (exact) mass is 454 g/mol. The van der Waals surface area contributed by atoms with Crippen LogP contribution in [0.2, 0.25) is 0 Å². The summed E-state index contributed by atoms with van der Waals surface area (Å²) >= 11 is 3.57. The van der Waals surface area contributed by atoms with E-state index in [9.17, 15) is 10.1 Å². The average molecular weight is 455 g/mol. The number of nitro benzene ring substituents is 1. The molecule has 0 unspecified atom stereocenters. The third-order valence-corrected chi connectivity index (χ3v) is 5.54. The van der Waals surface area contributed by atoms with Crippen molar-refractivity contribution in [2.24, 2.45) is 5.10 Å². The Balaban J connectivity index is 1.94. The summed E-state index contributed by atoms with van der Waals surface area (Å²) in [5.74, 6) is 1.57. The van der Waals surface area contributed by atoms with Gasteiger partial charge in [0.05, 0.1) is 34.1 Å². The van der Waals surface area contributed by atoms with E-state index in [0.717, 1.165) is 51.2 Å². The minimum absolute atomic E-state index is 0.0478. The molecule has 1 aliphatic heterocycles. The van der Waals surface area contributed by atoms with Gasteiger partial charge in [0.1, 0.15) is 11.6 Å². The lowest BCUT2D eigenvalue weighted by molar-refractivity contribution is -0.384. The number of rotatable bonds is 5. The summed E-state index contributed by atoms with van der Waals surface area (Å²) in [5.41, 5.74) is 4.60. The van der Waals surface area contributed by atoms with Gasteiger partial charge in [0, 0.05) is 29.7 Å². The van der Waals surface area contributed by atoms with Crippen molar-refractivity contribution in [1.82, 2.24) is 9.66 Å². The summed E-state index contributed by atoms with van der Waals surface area (Å²) in [5, 5.41) is 16.0. The first-order valence-electron chi connectivity index (χ1n) is 9.28. The van der Waals surface area contributed by atoms with E-state index in [1.165, 1.54) is 12.1 Å². The van der Waals surface area contributed by atoms with E-state index in [-0.39, 0.29) is 5.69 Å². The van der Waals surface area contributed by atoms with Gasteiger partial charge in [0.15, 0.2) is 0 Å². The first kappa shape index (κ1) is 19.3. The fourth-order valence-corrected chi connectivity index (χ4v) is 4.04. The zero-order chi connectivity index (χ0) is 20.5. The zero-order valence-electron chi connectivity index (χ0n) is 16.1. The summed E-state index contributed by atoms with van der Waals surface area (Å²) in [7, 11) is 1.62. The maximum Gasteiger partial charge on any atom is 0.269 e. The molecule has 29 heavy (non-hydrogen) atoms. The van der Waals surface area contributed by atoms with Gasteiger partial charge in [-0.25, -0.2) is 9.66 Å². The van der Waals surface area contributed by atoms with Crippen molar-refractivity contribution in [3.8, 4) is 5.75 Å². The summed E-state index contributed by atoms with van der Waals surface area (Å²) < 4.78 is 8.25. The first-order chi connectivity index (χ1) is 14.0. The van der Waals surface area contributed by atoms with Gasteiger partial charge in [-0.3, -0.25) is 10.1 Å². The molecule has 1 aliphatic rings. The minimum Gasteiger partial charge on any atom is -0.496 e. The Kier molecular flexibility index (Phi) is 5.19. The second-order valence-corrected chi connectivity index (χ2v) is 7.66. The SMILES string of the molecule is CCCc1cnc2n1N=C(c1ccc([N+](=O)[O-])cc1)c1cc(OC)c(Br)cc1C2. The second kappa shape index (κ2) is 7.79. The van der Waals surface area contributed by atoms with Crippen molar-refractivity contribution in [2.45, 2.75) is 26.2 Å². The lowest BCUT2D eigenvalue weighted by Gasteiger charge is -2.13. The number of methoxy groups -OCH3 is 1. The van der Waals surface area contributed by atoms with Crippen molar-refractivity contribution in [3.63, 3.8) is 0 Å². The standard InChI is InChI=1S/C21H19BrN4O3/c1-3-4-16-12-23-20-10-14-9-18(22)19(29-2)11-17(14)21(24-25(16)20)13-5-7-15(8-6-13)26(27)28/h5-9,11-12H,3-4,10H2,1-2H3. The highest BCUT2D eigenvalue weighted by molar-refractivity contribution is 9.10. The molecule has 0 aliphatic carbocycles. The molecule has 3 aromatic rings. The Bertz CT molecular complexity index is 1120. The average Bonchev–Trinajstić information content (AvgIpc) is 3.00. The van der Waals surface area contributed by atoms with Crippen LogP contribution in [0.4, 0.5) is 5.69 Å². The maximum absolute atomic E-state index is 11.0. The molecule has 0 fully saturated rings. The molecule has 0 radical (unpaired) electrons. The molecule has 0 saturated heterocycles. The van der Waals surface area contributed by atoms with Gasteiger partial charge in [0.25, 0.3) is 5.69 Å². The number of aromatic nitrogens is 2. The topological polar surface area (TPSA) is 82.5 Å². The Morgan fingerprint density at radius 3 is 2.69 bits per heavy atom. The molecular formula is C21H19BrN4O3. The van der Waals surface area contributed by atoms with Gasteiger partial charge >= 0.3 is 0 Å². The number of fused-ring (bicyclic) bond motifs is 2. The molecule has 0 atom stereocenters. The van der Waals surface area contributed by atoms with Crippen LogP contribution in [0.3, 0.4) is 0 Å². The smallest absolute Gasteiger partial charge is 0.269 e. The van der Waals surface area contributed by atoms with Gasteiger partial charge in [0.2, 0.25) is 0 Å². The van der Waals surface area contributed by atoms with Crippen LogP contribution in [-0.4, -0.2) is 27.4 Å². The normalized spacial score (nSPS) is 12.6. The lowest BCUT2D eigenvalue weighted by Crippen LogP contribution is -2.08. The van der Waals surface area contributed by atoms with Gasteiger partial charge < -0.3 is 4.74 Å². The van der Waals surface area contributed by atoms with E-state index in [4.69, 9.17) is 9.84 Å². The highest BCUT2D eigenvalue weighted by Gasteiger charge is 2.23.